The number of nitrogens with zero attached hydrogens (tertiary/aromatic N) is 4. The quantitative estimate of drug-likeness (QED) is 0.856. The molecule has 126 valence electrons. The van der Waals surface area contributed by atoms with Crippen LogP contribution in [0.3, 0.4) is 0 Å². The third kappa shape index (κ3) is 2.95. The SMILES string of the molecule is Cc1cnc(C)n1C1CCN(S(=O)(=O)c2ccc(C#N)cc2)CC1. The number of rotatable bonds is 3. The van der Waals surface area contributed by atoms with E-state index in [2.05, 4.69) is 9.55 Å². The van der Waals surface area contributed by atoms with E-state index in [1.807, 2.05) is 26.1 Å². The van der Waals surface area contributed by atoms with Crippen LogP contribution >= 0.6 is 0 Å². The van der Waals surface area contributed by atoms with E-state index in [4.69, 9.17) is 5.26 Å². The summed E-state index contributed by atoms with van der Waals surface area (Å²) >= 11 is 0. The minimum atomic E-state index is -3.50. The topological polar surface area (TPSA) is 79.0 Å². The lowest BCUT2D eigenvalue weighted by Crippen LogP contribution is -2.39. The molecule has 2 aromatic rings. The number of aromatic nitrogens is 2. The first-order valence-corrected chi connectivity index (χ1v) is 9.38. The number of imidazole rings is 1. The van der Waals surface area contributed by atoms with Gasteiger partial charge in [0.25, 0.3) is 0 Å². The van der Waals surface area contributed by atoms with Gasteiger partial charge in [0.1, 0.15) is 5.82 Å². The van der Waals surface area contributed by atoms with Crippen LogP contribution in [0, 0.1) is 25.2 Å². The third-order valence-corrected chi connectivity index (χ3v) is 6.49. The molecule has 1 aliphatic rings. The highest BCUT2D eigenvalue weighted by Gasteiger charge is 2.30. The molecule has 6 nitrogen and oxygen atoms in total. The highest BCUT2D eigenvalue weighted by atomic mass is 32.2. The molecule has 0 spiro atoms. The monoisotopic (exact) mass is 344 g/mol. The molecule has 1 fully saturated rings. The Morgan fingerprint density at radius 3 is 2.29 bits per heavy atom. The predicted molar refractivity (Wildman–Crippen MR) is 89.9 cm³/mol. The molecular weight excluding hydrogens is 324 g/mol. The molecular formula is C17H20N4O2S. The summed E-state index contributed by atoms with van der Waals surface area (Å²) in [6.07, 6.45) is 3.40. The molecule has 0 N–H and O–H groups in total. The number of sulfonamides is 1. The molecule has 1 aliphatic heterocycles. The summed E-state index contributed by atoms with van der Waals surface area (Å²) in [5, 5.41) is 8.83. The van der Waals surface area contributed by atoms with Crippen molar-refractivity contribution in [1.29, 1.82) is 5.26 Å². The molecule has 0 radical (unpaired) electrons. The zero-order valence-corrected chi connectivity index (χ0v) is 14.6. The predicted octanol–water partition coefficient (Wildman–Crippen LogP) is 2.40. The lowest BCUT2D eigenvalue weighted by molar-refractivity contribution is 0.269. The van der Waals surface area contributed by atoms with Crippen molar-refractivity contribution in [3.8, 4) is 6.07 Å². The van der Waals surface area contributed by atoms with E-state index in [-0.39, 0.29) is 4.90 Å². The summed E-state index contributed by atoms with van der Waals surface area (Å²) in [5.74, 6) is 0.973. The molecule has 7 heteroatoms. The fourth-order valence-electron chi connectivity index (χ4n) is 3.31. The van der Waals surface area contributed by atoms with Crippen LogP contribution < -0.4 is 0 Å². The number of hydrogen-bond acceptors (Lipinski definition) is 4. The fourth-order valence-corrected chi connectivity index (χ4v) is 4.78. The first-order valence-electron chi connectivity index (χ1n) is 7.94. The highest BCUT2D eigenvalue weighted by molar-refractivity contribution is 7.89. The number of aryl methyl sites for hydroxylation is 2. The lowest BCUT2D eigenvalue weighted by atomic mass is 10.1. The molecule has 1 aromatic carbocycles. The highest BCUT2D eigenvalue weighted by Crippen LogP contribution is 2.28. The minimum absolute atomic E-state index is 0.245. The summed E-state index contributed by atoms with van der Waals surface area (Å²) in [5.41, 5.74) is 1.57. The van der Waals surface area contributed by atoms with Crippen LogP contribution in [0.15, 0.2) is 35.4 Å². The minimum Gasteiger partial charge on any atom is -0.329 e. The zero-order chi connectivity index (χ0) is 17.3. The van der Waals surface area contributed by atoms with Crippen molar-refractivity contribution in [2.24, 2.45) is 0 Å². The second kappa shape index (κ2) is 6.38. The van der Waals surface area contributed by atoms with Crippen molar-refractivity contribution in [1.82, 2.24) is 13.9 Å². The Balaban J connectivity index is 1.75. The summed E-state index contributed by atoms with van der Waals surface area (Å²) in [7, 11) is -3.50. The van der Waals surface area contributed by atoms with Crippen LogP contribution in [0.2, 0.25) is 0 Å². The maximum absolute atomic E-state index is 12.7. The van der Waals surface area contributed by atoms with Crippen LogP contribution in [0.4, 0.5) is 0 Å². The molecule has 0 unspecified atom stereocenters. The van der Waals surface area contributed by atoms with E-state index in [0.29, 0.717) is 24.7 Å². The standard InChI is InChI=1S/C17H20N4O2S/c1-13-12-19-14(2)21(13)16-7-9-20(10-8-16)24(22,23)17-5-3-15(11-18)4-6-17/h3-6,12,16H,7-10H2,1-2H3. The second-order valence-electron chi connectivity index (χ2n) is 6.09. The molecule has 3 rings (SSSR count). The van der Waals surface area contributed by atoms with Gasteiger partial charge in [-0.2, -0.15) is 9.57 Å². The Morgan fingerprint density at radius 1 is 1.17 bits per heavy atom. The number of benzene rings is 1. The van der Waals surface area contributed by atoms with Crippen molar-refractivity contribution < 1.29 is 8.42 Å². The molecule has 24 heavy (non-hydrogen) atoms. The van der Waals surface area contributed by atoms with Crippen molar-refractivity contribution >= 4 is 10.0 Å². The van der Waals surface area contributed by atoms with Crippen LogP contribution in [0.25, 0.3) is 0 Å². The Labute approximate surface area is 142 Å². The first-order chi connectivity index (χ1) is 11.4. The molecule has 0 amide bonds. The van der Waals surface area contributed by atoms with Crippen molar-refractivity contribution in [2.75, 3.05) is 13.1 Å². The summed E-state index contributed by atoms with van der Waals surface area (Å²) in [6.45, 7) is 4.99. The largest absolute Gasteiger partial charge is 0.329 e. The fraction of sp³-hybridized carbons (Fsp3) is 0.412. The summed E-state index contributed by atoms with van der Waals surface area (Å²) in [4.78, 5) is 4.57. The van der Waals surface area contributed by atoms with Gasteiger partial charge < -0.3 is 4.57 Å². The maximum atomic E-state index is 12.7. The average molecular weight is 344 g/mol. The van der Waals surface area contributed by atoms with E-state index in [1.54, 1.807) is 0 Å². The number of hydrogen-bond donors (Lipinski definition) is 0. The Hall–Kier alpha value is -2.17. The normalized spacial score (nSPS) is 16.9. The van der Waals surface area contributed by atoms with Gasteiger partial charge in [-0.05, 0) is 51.0 Å². The van der Waals surface area contributed by atoms with Gasteiger partial charge in [-0.15, -0.1) is 0 Å². The van der Waals surface area contributed by atoms with Gasteiger partial charge >= 0.3 is 0 Å². The first kappa shape index (κ1) is 16.7. The van der Waals surface area contributed by atoms with Crippen LogP contribution in [0.5, 0.6) is 0 Å². The maximum Gasteiger partial charge on any atom is 0.243 e. The lowest BCUT2D eigenvalue weighted by Gasteiger charge is -2.33. The van der Waals surface area contributed by atoms with Crippen molar-refractivity contribution in [3.05, 3.63) is 47.5 Å². The van der Waals surface area contributed by atoms with Gasteiger partial charge in [0, 0.05) is 31.0 Å². The molecule has 2 heterocycles. The van der Waals surface area contributed by atoms with E-state index < -0.39 is 10.0 Å². The number of nitriles is 1. The molecule has 0 bridgehead atoms. The van der Waals surface area contributed by atoms with Crippen LogP contribution in [0.1, 0.15) is 36.0 Å². The molecule has 1 aromatic heterocycles. The summed E-state index contributed by atoms with van der Waals surface area (Å²) < 4.78 is 29.2. The molecule has 0 saturated carbocycles. The Kier molecular flexibility index (Phi) is 4.43. The van der Waals surface area contributed by atoms with Crippen LogP contribution in [-0.2, 0) is 10.0 Å². The summed E-state index contributed by atoms with van der Waals surface area (Å²) in [6, 6.07) is 8.38. The van der Waals surface area contributed by atoms with Gasteiger partial charge in [-0.1, -0.05) is 0 Å². The third-order valence-electron chi connectivity index (χ3n) is 4.58. The van der Waals surface area contributed by atoms with E-state index in [1.165, 1.54) is 28.6 Å². The smallest absolute Gasteiger partial charge is 0.243 e. The van der Waals surface area contributed by atoms with Gasteiger partial charge in [0.15, 0.2) is 0 Å². The van der Waals surface area contributed by atoms with Gasteiger partial charge in [0.05, 0.1) is 16.5 Å². The van der Waals surface area contributed by atoms with E-state index in [0.717, 1.165) is 24.4 Å². The second-order valence-corrected chi connectivity index (χ2v) is 8.03. The van der Waals surface area contributed by atoms with Gasteiger partial charge in [-0.25, -0.2) is 13.4 Å². The van der Waals surface area contributed by atoms with E-state index in [9.17, 15) is 8.42 Å². The Bertz CT molecular complexity index is 851. The molecule has 0 atom stereocenters. The Morgan fingerprint density at radius 2 is 1.79 bits per heavy atom. The molecule has 1 saturated heterocycles. The zero-order valence-electron chi connectivity index (χ0n) is 13.8. The van der Waals surface area contributed by atoms with Crippen molar-refractivity contribution in [2.45, 2.75) is 37.6 Å². The van der Waals surface area contributed by atoms with Crippen molar-refractivity contribution in [3.63, 3.8) is 0 Å². The van der Waals surface area contributed by atoms with Gasteiger partial charge in [0.2, 0.25) is 10.0 Å². The van der Waals surface area contributed by atoms with Gasteiger partial charge in [-0.3, -0.25) is 0 Å². The van der Waals surface area contributed by atoms with Crippen LogP contribution in [-0.4, -0.2) is 35.4 Å². The number of piperidine rings is 1. The average Bonchev–Trinajstić information content (AvgIpc) is 2.93. The van der Waals surface area contributed by atoms with E-state index >= 15 is 0 Å². The molecule has 0 aliphatic carbocycles.